The van der Waals surface area contributed by atoms with Crippen LogP contribution in [0.2, 0.25) is 0 Å². The number of nitrogens with one attached hydrogen (secondary N) is 2. The van der Waals surface area contributed by atoms with Crippen LogP contribution in [0.5, 0.6) is 0 Å². The standard InChI is InChI=1S/C15H20FN5.HI/c1-3-17-15(19-11-14-7-8-20-21(14)2)18-10-12-5-4-6-13(16)9-12;/h4-9H,3,10-11H2,1-2H3,(H2,17,18,19);1H. The van der Waals surface area contributed by atoms with Crippen LogP contribution in [0.15, 0.2) is 41.5 Å². The minimum absolute atomic E-state index is 0. The van der Waals surface area contributed by atoms with E-state index in [1.807, 2.05) is 30.8 Å². The highest BCUT2D eigenvalue weighted by atomic mass is 127. The second-order valence-electron chi connectivity index (χ2n) is 4.62. The zero-order valence-electron chi connectivity index (χ0n) is 12.7. The molecule has 2 aromatic rings. The summed E-state index contributed by atoms with van der Waals surface area (Å²) in [5.74, 6) is 0.457. The largest absolute Gasteiger partial charge is 0.357 e. The molecule has 5 nitrogen and oxygen atoms in total. The minimum Gasteiger partial charge on any atom is -0.357 e. The average Bonchev–Trinajstić information content (AvgIpc) is 2.87. The van der Waals surface area contributed by atoms with Crippen molar-refractivity contribution < 1.29 is 4.39 Å². The zero-order valence-corrected chi connectivity index (χ0v) is 15.0. The number of aliphatic imine (C=N–C) groups is 1. The van der Waals surface area contributed by atoms with Crippen LogP contribution in [0.3, 0.4) is 0 Å². The molecule has 1 aromatic carbocycles. The van der Waals surface area contributed by atoms with E-state index in [0.29, 0.717) is 19.0 Å². The van der Waals surface area contributed by atoms with Crippen LogP contribution in [0.4, 0.5) is 4.39 Å². The summed E-state index contributed by atoms with van der Waals surface area (Å²) in [7, 11) is 1.90. The van der Waals surface area contributed by atoms with Gasteiger partial charge in [-0.2, -0.15) is 5.10 Å². The van der Waals surface area contributed by atoms with Gasteiger partial charge in [0.05, 0.1) is 18.8 Å². The first kappa shape index (κ1) is 18.4. The van der Waals surface area contributed by atoms with Crippen molar-refractivity contribution in [1.29, 1.82) is 0 Å². The molecule has 2 N–H and O–H groups in total. The second kappa shape index (κ2) is 9.39. The van der Waals surface area contributed by atoms with E-state index in [9.17, 15) is 4.39 Å². The summed E-state index contributed by atoms with van der Waals surface area (Å²) >= 11 is 0. The van der Waals surface area contributed by atoms with Gasteiger partial charge in [0, 0.05) is 19.8 Å². The monoisotopic (exact) mass is 417 g/mol. The molecule has 22 heavy (non-hydrogen) atoms. The number of benzene rings is 1. The summed E-state index contributed by atoms with van der Waals surface area (Å²) in [6.45, 7) is 3.83. The first-order valence-corrected chi connectivity index (χ1v) is 6.92. The molecule has 0 aliphatic heterocycles. The predicted octanol–water partition coefficient (Wildman–Crippen LogP) is 2.43. The van der Waals surface area contributed by atoms with Crippen LogP contribution in [0.1, 0.15) is 18.2 Å². The van der Waals surface area contributed by atoms with Crippen LogP contribution in [0, 0.1) is 5.82 Å². The molecular formula is C15H21FIN5. The van der Waals surface area contributed by atoms with Gasteiger partial charge in [0.15, 0.2) is 5.96 Å². The number of nitrogens with zero attached hydrogens (tertiary/aromatic N) is 3. The van der Waals surface area contributed by atoms with Crippen molar-refractivity contribution >= 4 is 29.9 Å². The Morgan fingerprint density at radius 3 is 2.77 bits per heavy atom. The number of guanidine groups is 1. The van der Waals surface area contributed by atoms with Gasteiger partial charge in [-0.3, -0.25) is 4.68 Å². The van der Waals surface area contributed by atoms with Gasteiger partial charge in [-0.25, -0.2) is 9.38 Å². The van der Waals surface area contributed by atoms with Crippen LogP contribution in [-0.2, 0) is 20.1 Å². The van der Waals surface area contributed by atoms with Crippen molar-refractivity contribution in [2.24, 2.45) is 12.0 Å². The van der Waals surface area contributed by atoms with Crippen molar-refractivity contribution in [3.63, 3.8) is 0 Å². The molecule has 0 bridgehead atoms. The zero-order chi connectivity index (χ0) is 15.1. The Morgan fingerprint density at radius 2 is 2.14 bits per heavy atom. The highest BCUT2D eigenvalue weighted by Crippen LogP contribution is 2.04. The number of aromatic nitrogens is 2. The molecule has 0 fully saturated rings. The molecule has 0 saturated carbocycles. The highest BCUT2D eigenvalue weighted by Gasteiger charge is 2.01. The van der Waals surface area contributed by atoms with Gasteiger partial charge in [0.1, 0.15) is 5.82 Å². The van der Waals surface area contributed by atoms with E-state index in [-0.39, 0.29) is 29.8 Å². The Bertz CT molecular complexity index is 611. The summed E-state index contributed by atoms with van der Waals surface area (Å²) in [5.41, 5.74) is 1.90. The van der Waals surface area contributed by atoms with Gasteiger partial charge < -0.3 is 10.6 Å². The number of halogens is 2. The maximum Gasteiger partial charge on any atom is 0.191 e. The predicted molar refractivity (Wildman–Crippen MR) is 96.7 cm³/mol. The highest BCUT2D eigenvalue weighted by molar-refractivity contribution is 14.0. The first-order valence-electron chi connectivity index (χ1n) is 6.92. The molecule has 0 aliphatic carbocycles. The van der Waals surface area contributed by atoms with Crippen LogP contribution in [0.25, 0.3) is 0 Å². The molecule has 0 unspecified atom stereocenters. The topological polar surface area (TPSA) is 54.2 Å². The summed E-state index contributed by atoms with van der Waals surface area (Å²) in [6.07, 6.45) is 1.76. The fraction of sp³-hybridized carbons (Fsp3) is 0.333. The molecule has 1 aromatic heterocycles. The molecule has 0 radical (unpaired) electrons. The summed E-state index contributed by atoms with van der Waals surface area (Å²) in [4.78, 5) is 4.45. The molecule has 0 saturated heterocycles. The average molecular weight is 417 g/mol. The number of rotatable bonds is 5. The third kappa shape index (κ3) is 5.63. The van der Waals surface area contributed by atoms with Crippen molar-refractivity contribution in [3.05, 3.63) is 53.6 Å². The van der Waals surface area contributed by atoms with Crippen molar-refractivity contribution in [1.82, 2.24) is 20.4 Å². The lowest BCUT2D eigenvalue weighted by molar-refractivity contribution is 0.625. The van der Waals surface area contributed by atoms with Crippen LogP contribution >= 0.6 is 24.0 Å². The van der Waals surface area contributed by atoms with Crippen LogP contribution in [-0.4, -0.2) is 22.3 Å². The van der Waals surface area contributed by atoms with Gasteiger partial charge >= 0.3 is 0 Å². The van der Waals surface area contributed by atoms with E-state index >= 15 is 0 Å². The van der Waals surface area contributed by atoms with E-state index in [4.69, 9.17) is 0 Å². The summed E-state index contributed by atoms with van der Waals surface area (Å²) in [5, 5.41) is 10.5. The van der Waals surface area contributed by atoms with Crippen molar-refractivity contribution in [3.8, 4) is 0 Å². The van der Waals surface area contributed by atoms with Gasteiger partial charge in [-0.15, -0.1) is 24.0 Å². The molecule has 7 heteroatoms. The maximum absolute atomic E-state index is 13.1. The van der Waals surface area contributed by atoms with Crippen molar-refractivity contribution in [2.45, 2.75) is 20.0 Å². The van der Waals surface area contributed by atoms with Gasteiger partial charge in [-0.05, 0) is 30.7 Å². The Morgan fingerprint density at radius 1 is 1.32 bits per heavy atom. The van der Waals surface area contributed by atoms with Gasteiger partial charge in [0.2, 0.25) is 0 Å². The van der Waals surface area contributed by atoms with Crippen LogP contribution < -0.4 is 10.6 Å². The van der Waals surface area contributed by atoms with Crippen molar-refractivity contribution in [2.75, 3.05) is 6.54 Å². The lowest BCUT2D eigenvalue weighted by Gasteiger charge is -2.11. The molecule has 0 spiro atoms. The molecule has 0 aliphatic rings. The lowest BCUT2D eigenvalue weighted by Crippen LogP contribution is -2.37. The number of hydrogen-bond acceptors (Lipinski definition) is 2. The molecule has 120 valence electrons. The Balaban J connectivity index is 0.00000242. The third-order valence-corrected chi connectivity index (χ3v) is 3.01. The first-order chi connectivity index (χ1) is 10.2. The lowest BCUT2D eigenvalue weighted by atomic mass is 10.2. The SMILES string of the molecule is CCNC(=NCc1cccc(F)c1)NCc1ccnn1C.I. The smallest absolute Gasteiger partial charge is 0.191 e. The van der Waals surface area contributed by atoms with E-state index in [2.05, 4.69) is 20.7 Å². The molecule has 1 heterocycles. The van der Waals surface area contributed by atoms with Gasteiger partial charge in [-0.1, -0.05) is 12.1 Å². The molecular weight excluding hydrogens is 396 g/mol. The van der Waals surface area contributed by atoms with Gasteiger partial charge in [0.25, 0.3) is 0 Å². The van der Waals surface area contributed by atoms with E-state index in [1.54, 1.807) is 12.3 Å². The summed E-state index contributed by atoms with van der Waals surface area (Å²) < 4.78 is 14.9. The maximum atomic E-state index is 13.1. The van der Waals surface area contributed by atoms with E-state index in [1.165, 1.54) is 12.1 Å². The minimum atomic E-state index is -0.240. The Kier molecular flexibility index (Phi) is 7.86. The number of hydrogen-bond donors (Lipinski definition) is 2. The summed E-state index contributed by atoms with van der Waals surface area (Å²) in [6, 6.07) is 8.42. The van der Waals surface area contributed by atoms with E-state index in [0.717, 1.165) is 17.8 Å². The normalized spacial score (nSPS) is 11.0. The molecule has 0 amide bonds. The Labute approximate surface area is 147 Å². The second-order valence-corrected chi connectivity index (χ2v) is 4.62. The molecule has 0 atom stereocenters. The number of aryl methyl sites for hydroxylation is 1. The fourth-order valence-electron chi connectivity index (χ4n) is 1.90. The molecule has 2 rings (SSSR count). The quantitative estimate of drug-likeness (QED) is 0.447. The fourth-order valence-corrected chi connectivity index (χ4v) is 1.90. The van der Waals surface area contributed by atoms with E-state index < -0.39 is 0 Å². The Hall–Kier alpha value is -1.64. The third-order valence-electron chi connectivity index (χ3n) is 3.01.